The van der Waals surface area contributed by atoms with Crippen LogP contribution in [0.15, 0.2) is 0 Å². The molecular formula is C16H28N4O. The topological polar surface area (TPSA) is 54.2 Å². The van der Waals surface area contributed by atoms with Crippen LogP contribution in [-0.2, 0) is 19.4 Å². The second-order valence-corrected chi connectivity index (χ2v) is 6.91. The smallest absolute Gasteiger partial charge is 0.134 e. The average molecular weight is 292 g/mol. The van der Waals surface area contributed by atoms with Crippen molar-refractivity contribution in [3.63, 3.8) is 0 Å². The zero-order chi connectivity index (χ0) is 14.8. The lowest BCUT2D eigenvalue weighted by atomic mass is 9.96. The molecule has 0 aromatic carbocycles. The minimum absolute atomic E-state index is 0.270. The molecule has 0 aliphatic carbocycles. The van der Waals surface area contributed by atoms with Crippen LogP contribution in [0.5, 0.6) is 0 Å². The maximum atomic E-state index is 9.32. The van der Waals surface area contributed by atoms with Gasteiger partial charge in [0.1, 0.15) is 11.6 Å². The summed E-state index contributed by atoms with van der Waals surface area (Å²) in [7, 11) is 0. The van der Waals surface area contributed by atoms with Crippen molar-refractivity contribution in [3.05, 3.63) is 11.6 Å². The molecule has 118 valence electrons. The van der Waals surface area contributed by atoms with Crippen molar-refractivity contribution in [1.29, 1.82) is 0 Å². The average Bonchev–Trinajstić information content (AvgIpc) is 2.90. The molecule has 2 atom stereocenters. The molecule has 0 spiro atoms. The van der Waals surface area contributed by atoms with Gasteiger partial charge < -0.3 is 9.67 Å². The summed E-state index contributed by atoms with van der Waals surface area (Å²) in [5.74, 6) is 2.59. The molecule has 5 nitrogen and oxygen atoms in total. The fourth-order valence-corrected chi connectivity index (χ4v) is 3.89. The Labute approximate surface area is 127 Å². The monoisotopic (exact) mass is 292 g/mol. The first-order chi connectivity index (χ1) is 10.2. The van der Waals surface area contributed by atoms with Crippen molar-refractivity contribution >= 4 is 0 Å². The van der Waals surface area contributed by atoms with Gasteiger partial charge in [-0.1, -0.05) is 6.42 Å². The van der Waals surface area contributed by atoms with Crippen LogP contribution in [0, 0.1) is 5.92 Å². The van der Waals surface area contributed by atoms with Gasteiger partial charge in [-0.15, -0.1) is 10.2 Å². The largest absolute Gasteiger partial charge is 0.396 e. The molecule has 0 amide bonds. The van der Waals surface area contributed by atoms with Crippen molar-refractivity contribution in [2.75, 3.05) is 13.2 Å². The van der Waals surface area contributed by atoms with Crippen LogP contribution in [0.25, 0.3) is 0 Å². The zero-order valence-corrected chi connectivity index (χ0v) is 13.3. The fourth-order valence-electron chi connectivity index (χ4n) is 3.89. The van der Waals surface area contributed by atoms with Gasteiger partial charge in [-0.05, 0) is 45.6 Å². The molecule has 1 saturated heterocycles. The molecule has 0 radical (unpaired) electrons. The molecule has 1 N–H and O–H groups in total. The lowest BCUT2D eigenvalue weighted by molar-refractivity contribution is 0.109. The molecule has 0 bridgehead atoms. The number of fused-ring (bicyclic) bond motifs is 1. The Hall–Kier alpha value is -0.940. The van der Waals surface area contributed by atoms with Crippen molar-refractivity contribution in [2.45, 2.75) is 71.0 Å². The van der Waals surface area contributed by atoms with E-state index in [1.807, 2.05) is 0 Å². The minimum atomic E-state index is 0.270. The van der Waals surface area contributed by atoms with E-state index in [1.54, 1.807) is 0 Å². The molecule has 0 saturated carbocycles. The normalized spacial score (nSPS) is 27.0. The summed E-state index contributed by atoms with van der Waals surface area (Å²) in [6.45, 7) is 7.05. The Bertz CT molecular complexity index is 471. The van der Waals surface area contributed by atoms with Gasteiger partial charge in [0.25, 0.3) is 0 Å². The predicted molar refractivity (Wildman–Crippen MR) is 82.1 cm³/mol. The number of rotatable bonds is 4. The van der Waals surface area contributed by atoms with Gasteiger partial charge in [-0.25, -0.2) is 0 Å². The second kappa shape index (κ2) is 6.44. The lowest BCUT2D eigenvalue weighted by Gasteiger charge is -2.38. The van der Waals surface area contributed by atoms with E-state index in [0.29, 0.717) is 18.0 Å². The van der Waals surface area contributed by atoms with Gasteiger partial charge in [-0.2, -0.15) is 0 Å². The van der Waals surface area contributed by atoms with Gasteiger partial charge in [0.2, 0.25) is 0 Å². The van der Waals surface area contributed by atoms with E-state index in [0.717, 1.165) is 37.5 Å². The highest BCUT2D eigenvalue weighted by Crippen LogP contribution is 2.25. The lowest BCUT2D eigenvalue weighted by Crippen LogP contribution is -2.45. The highest BCUT2D eigenvalue weighted by Gasteiger charge is 2.28. The van der Waals surface area contributed by atoms with Gasteiger partial charge >= 0.3 is 0 Å². The number of likely N-dealkylation sites (tertiary alicyclic amines) is 1. The minimum Gasteiger partial charge on any atom is -0.396 e. The van der Waals surface area contributed by atoms with Gasteiger partial charge in [-0.3, -0.25) is 4.90 Å². The Kier molecular flexibility index (Phi) is 4.60. The van der Waals surface area contributed by atoms with E-state index in [2.05, 4.69) is 33.5 Å². The number of hydrogen-bond acceptors (Lipinski definition) is 4. The predicted octanol–water partition coefficient (Wildman–Crippen LogP) is 1.64. The standard InChI is InChI=1S/C16H28N4O/c1-12(2)19-7-4-3-5-14(19)10-16-18-17-15-9-13(11-21)6-8-20(15)16/h12-14,21H,3-11H2,1-2H3. The Morgan fingerprint density at radius 3 is 2.81 bits per heavy atom. The molecule has 1 aromatic heterocycles. The highest BCUT2D eigenvalue weighted by molar-refractivity contribution is 5.03. The van der Waals surface area contributed by atoms with E-state index in [-0.39, 0.29) is 6.61 Å². The molecule has 3 rings (SSSR count). The molecule has 21 heavy (non-hydrogen) atoms. The van der Waals surface area contributed by atoms with Crippen molar-refractivity contribution in [2.24, 2.45) is 5.92 Å². The maximum Gasteiger partial charge on any atom is 0.134 e. The van der Waals surface area contributed by atoms with Gasteiger partial charge in [0.15, 0.2) is 0 Å². The van der Waals surface area contributed by atoms with Crippen molar-refractivity contribution < 1.29 is 5.11 Å². The van der Waals surface area contributed by atoms with Crippen LogP contribution in [-0.4, -0.2) is 50.0 Å². The number of aliphatic hydroxyl groups excluding tert-OH is 1. The highest BCUT2D eigenvalue weighted by atomic mass is 16.3. The Morgan fingerprint density at radius 2 is 2.05 bits per heavy atom. The first-order valence-corrected chi connectivity index (χ1v) is 8.46. The molecule has 3 heterocycles. The third-order valence-corrected chi connectivity index (χ3v) is 5.15. The van der Waals surface area contributed by atoms with Crippen LogP contribution in [0.4, 0.5) is 0 Å². The number of nitrogens with zero attached hydrogens (tertiary/aromatic N) is 4. The summed E-state index contributed by atoms with van der Waals surface area (Å²) < 4.78 is 2.30. The summed E-state index contributed by atoms with van der Waals surface area (Å²) in [5, 5.41) is 18.1. The summed E-state index contributed by atoms with van der Waals surface area (Å²) in [6.07, 6.45) is 6.88. The molecular weight excluding hydrogens is 264 g/mol. The molecule has 5 heteroatoms. The van der Waals surface area contributed by atoms with E-state index < -0.39 is 0 Å². The summed E-state index contributed by atoms with van der Waals surface area (Å²) in [6, 6.07) is 1.22. The molecule has 2 aliphatic heterocycles. The summed E-state index contributed by atoms with van der Waals surface area (Å²) >= 11 is 0. The zero-order valence-electron chi connectivity index (χ0n) is 13.3. The maximum absolute atomic E-state index is 9.32. The van der Waals surface area contributed by atoms with E-state index in [1.165, 1.54) is 25.8 Å². The first-order valence-electron chi connectivity index (χ1n) is 8.46. The van der Waals surface area contributed by atoms with Crippen molar-refractivity contribution in [3.8, 4) is 0 Å². The Morgan fingerprint density at radius 1 is 1.19 bits per heavy atom. The van der Waals surface area contributed by atoms with Gasteiger partial charge in [0.05, 0.1) is 0 Å². The number of aromatic nitrogens is 3. The SMILES string of the molecule is CC(C)N1CCCCC1Cc1nnc2n1CCC(CO)C2. The first kappa shape index (κ1) is 15.0. The molecule has 2 aliphatic rings. The Balaban J connectivity index is 1.72. The third kappa shape index (κ3) is 3.14. The number of hydrogen-bond donors (Lipinski definition) is 1. The molecule has 1 aromatic rings. The van der Waals surface area contributed by atoms with Crippen molar-refractivity contribution in [1.82, 2.24) is 19.7 Å². The third-order valence-electron chi connectivity index (χ3n) is 5.15. The second-order valence-electron chi connectivity index (χ2n) is 6.91. The van der Waals surface area contributed by atoms with E-state index in [4.69, 9.17) is 0 Å². The van der Waals surface area contributed by atoms with Crippen LogP contribution in [0.3, 0.4) is 0 Å². The van der Waals surface area contributed by atoms with Crippen LogP contribution < -0.4 is 0 Å². The molecule has 1 fully saturated rings. The molecule has 2 unspecified atom stereocenters. The number of piperidine rings is 1. The quantitative estimate of drug-likeness (QED) is 0.916. The number of aliphatic hydroxyl groups is 1. The van der Waals surface area contributed by atoms with Crippen LogP contribution in [0.1, 0.15) is 51.2 Å². The fraction of sp³-hybridized carbons (Fsp3) is 0.875. The van der Waals surface area contributed by atoms with Crippen LogP contribution >= 0.6 is 0 Å². The van der Waals surface area contributed by atoms with Crippen LogP contribution in [0.2, 0.25) is 0 Å². The van der Waals surface area contributed by atoms with E-state index in [9.17, 15) is 5.11 Å². The summed E-state index contributed by atoms with van der Waals surface area (Å²) in [4.78, 5) is 2.63. The van der Waals surface area contributed by atoms with E-state index >= 15 is 0 Å². The van der Waals surface area contributed by atoms with Gasteiger partial charge in [0, 0.05) is 38.1 Å². The summed E-state index contributed by atoms with van der Waals surface area (Å²) in [5.41, 5.74) is 0.